The zero-order valence-corrected chi connectivity index (χ0v) is 14.5. The van der Waals surface area contributed by atoms with Gasteiger partial charge in [-0.25, -0.2) is 0 Å². The smallest absolute Gasteiger partial charge is 0.238 e. The van der Waals surface area contributed by atoms with E-state index in [1.165, 1.54) is 0 Å². The maximum Gasteiger partial charge on any atom is 0.238 e. The summed E-state index contributed by atoms with van der Waals surface area (Å²) in [5, 5.41) is 7.00. The molecule has 0 aliphatic carbocycles. The van der Waals surface area contributed by atoms with Crippen molar-refractivity contribution in [1.29, 1.82) is 0 Å². The molecule has 2 N–H and O–H groups in total. The van der Waals surface area contributed by atoms with Gasteiger partial charge in [0.25, 0.3) is 0 Å². The third-order valence-electron chi connectivity index (χ3n) is 3.80. The summed E-state index contributed by atoms with van der Waals surface area (Å²) >= 11 is 5.94. The minimum atomic E-state index is -0.0427. The Balaban J connectivity index is 1.97. The normalized spacial score (nSPS) is 12.2. The first-order valence-electron chi connectivity index (χ1n) is 7.81. The Morgan fingerprint density at radius 2 is 1.74 bits per heavy atom. The molecule has 122 valence electrons. The second-order valence-corrected chi connectivity index (χ2v) is 6.45. The maximum absolute atomic E-state index is 12.2. The van der Waals surface area contributed by atoms with E-state index >= 15 is 0 Å². The average molecular weight is 331 g/mol. The summed E-state index contributed by atoms with van der Waals surface area (Å²) in [5.41, 5.74) is 3.04. The van der Waals surface area contributed by atoms with Gasteiger partial charge in [-0.1, -0.05) is 55.8 Å². The van der Waals surface area contributed by atoms with Gasteiger partial charge in [-0.05, 0) is 42.2 Å². The molecule has 0 saturated carbocycles. The number of nitrogens with one attached hydrogen (secondary N) is 2. The fourth-order valence-electron chi connectivity index (χ4n) is 2.52. The molecule has 2 aromatic rings. The van der Waals surface area contributed by atoms with Crippen molar-refractivity contribution in [3.63, 3.8) is 0 Å². The average Bonchev–Trinajstić information content (AvgIpc) is 2.51. The lowest BCUT2D eigenvalue weighted by molar-refractivity contribution is -0.115. The molecule has 2 aromatic carbocycles. The van der Waals surface area contributed by atoms with E-state index in [0.29, 0.717) is 10.9 Å². The molecule has 23 heavy (non-hydrogen) atoms. The minimum absolute atomic E-state index is 0.0427. The van der Waals surface area contributed by atoms with Crippen LogP contribution < -0.4 is 10.6 Å². The van der Waals surface area contributed by atoms with E-state index in [0.717, 1.165) is 16.8 Å². The highest BCUT2D eigenvalue weighted by Crippen LogP contribution is 2.23. The van der Waals surface area contributed by atoms with Crippen molar-refractivity contribution in [3.8, 4) is 0 Å². The second-order valence-electron chi connectivity index (χ2n) is 6.02. The van der Waals surface area contributed by atoms with Gasteiger partial charge in [0.2, 0.25) is 5.91 Å². The number of hydrogen-bond donors (Lipinski definition) is 2. The summed E-state index contributed by atoms with van der Waals surface area (Å²) in [7, 11) is 0. The summed E-state index contributed by atoms with van der Waals surface area (Å²) in [6.45, 7) is 6.50. The van der Waals surface area contributed by atoms with E-state index < -0.39 is 0 Å². The van der Waals surface area contributed by atoms with Gasteiger partial charge in [-0.2, -0.15) is 0 Å². The Morgan fingerprint density at radius 1 is 1.09 bits per heavy atom. The van der Waals surface area contributed by atoms with Gasteiger partial charge >= 0.3 is 0 Å². The monoisotopic (exact) mass is 330 g/mol. The van der Waals surface area contributed by atoms with E-state index in [1.807, 2.05) is 55.5 Å². The molecular formula is C19H23ClN2O. The molecule has 0 aromatic heterocycles. The molecule has 1 atom stereocenters. The van der Waals surface area contributed by atoms with Crippen LogP contribution in [0.1, 0.15) is 31.0 Å². The molecule has 0 aliphatic rings. The van der Waals surface area contributed by atoms with Gasteiger partial charge in [0, 0.05) is 16.8 Å². The van der Waals surface area contributed by atoms with Gasteiger partial charge < -0.3 is 10.6 Å². The number of benzene rings is 2. The highest BCUT2D eigenvalue weighted by molar-refractivity contribution is 6.30. The standard InChI is InChI=1S/C19H23ClN2O/c1-13(2)19(15-8-10-16(20)11-9-15)21-12-18(23)22-17-7-5-4-6-14(17)3/h4-11,13,19,21H,12H2,1-3H3,(H,22,23). The van der Waals surface area contributed by atoms with Crippen LogP contribution in [-0.4, -0.2) is 12.5 Å². The van der Waals surface area contributed by atoms with E-state index in [4.69, 9.17) is 11.6 Å². The van der Waals surface area contributed by atoms with Crippen molar-refractivity contribution < 1.29 is 4.79 Å². The highest BCUT2D eigenvalue weighted by Gasteiger charge is 2.16. The Morgan fingerprint density at radius 3 is 2.35 bits per heavy atom. The summed E-state index contributed by atoms with van der Waals surface area (Å²) in [6, 6.07) is 15.6. The van der Waals surface area contributed by atoms with Crippen molar-refractivity contribution in [2.45, 2.75) is 26.8 Å². The summed E-state index contributed by atoms with van der Waals surface area (Å²) in [5.74, 6) is 0.321. The van der Waals surface area contributed by atoms with Gasteiger partial charge in [-0.15, -0.1) is 0 Å². The number of rotatable bonds is 6. The van der Waals surface area contributed by atoms with Crippen molar-refractivity contribution in [3.05, 3.63) is 64.7 Å². The lowest BCUT2D eigenvalue weighted by Gasteiger charge is -2.23. The van der Waals surface area contributed by atoms with Crippen molar-refractivity contribution in [2.75, 3.05) is 11.9 Å². The van der Waals surface area contributed by atoms with Gasteiger partial charge in [0.05, 0.1) is 6.54 Å². The fraction of sp³-hybridized carbons (Fsp3) is 0.316. The first-order valence-corrected chi connectivity index (χ1v) is 8.19. The third-order valence-corrected chi connectivity index (χ3v) is 4.05. The van der Waals surface area contributed by atoms with E-state index in [1.54, 1.807) is 0 Å². The van der Waals surface area contributed by atoms with Gasteiger partial charge in [0.1, 0.15) is 0 Å². The molecular weight excluding hydrogens is 308 g/mol. The molecule has 0 fully saturated rings. The molecule has 0 spiro atoms. The summed E-state index contributed by atoms with van der Waals surface area (Å²) in [6.07, 6.45) is 0. The highest BCUT2D eigenvalue weighted by atomic mass is 35.5. The topological polar surface area (TPSA) is 41.1 Å². The van der Waals surface area contributed by atoms with Crippen LogP contribution in [0, 0.1) is 12.8 Å². The van der Waals surface area contributed by atoms with Crippen LogP contribution in [0.4, 0.5) is 5.69 Å². The molecule has 1 unspecified atom stereocenters. The van der Waals surface area contributed by atoms with E-state index in [9.17, 15) is 4.79 Å². The van der Waals surface area contributed by atoms with E-state index in [2.05, 4.69) is 24.5 Å². The largest absolute Gasteiger partial charge is 0.325 e. The van der Waals surface area contributed by atoms with Crippen LogP contribution in [-0.2, 0) is 4.79 Å². The van der Waals surface area contributed by atoms with Crippen LogP contribution >= 0.6 is 11.6 Å². The predicted octanol–water partition coefficient (Wildman–Crippen LogP) is 4.57. The lowest BCUT2D eigenvalue weighted by atomic mass is 9.96. The molecule has 0 saturated heterocycles. The predicted molar refractivity (Wildman–Crippen MR) is 96.8 cm³/mol. The summed E-state index contributed by atoms with van der Waals surface area (Å²) < 4.78 is 0. The number of anilines is 1. The number of carbonyl (C=O) groups excluding carboxylic acids is 1. The van der Waals surface area contributed by atoms with Crippen molar-refractivity contribution in [1.82, 2.24) is 5.32 Å². The van der Waals surface area contributed by atoms with Gasteiger partial charge in [-0.3, -0.25) is 4.79 Å². The zero-order chi connectivity index (χ0) is 16.8. The fourth-order valence-corrected chi connectivity index (χ4v) is 2.64. The van der Waals surface area contributed by atoms with Gasteiger partial charge in [0.15, 0.2) is 0 Å². The first kappa shape index (κ1) is 17.5. The number of aryl methyl sites for hydroxylation is 1. The molecule has 3 nitrogen and oxygen atoms in total. The number of carbonyl (C=O) groups is 1. The van der Waals surface area contributed by atoms with Crippen LogP contribution in [0.25, 0.3) is 0 Å². The first-order chi connectivity index (χ1) is 11.0. The molecule has 0 radical (unpaired) electrons. The Hall–Kier alpha value is -1.84. The third kappa shape index (κ3) is 5.08. The second kappa shape index (κ2) is 8.14. The quantitative estimate of drug-likeness (QED) is 0.814. The molecule has 1 amide bonds. The molecule has 4 heteroatoms. The number of para-hydroxylation sites is 1. The molecule has 0 aliphatic heterocycles. The number of amides is 1. The van der Waals surface area contributed by atoms with Crippen molar-refractivity contribution >= 4 is 23.2 Å². The number of halogens is 1. The van der Waals surface area contributed by atoms with Crippen LogP contribution in [0.5, 0.6) is 0 Å². The molecule has 0 heterocycles. The van der Waals surface area contributed by atoms with Crippen molar-refractivity contribution in [2.24, 2.45) is 5.92 Å². The Kier molecular flexibility index (Phi) is 6.20. The van der Waals surface area contributed by atoms with Crippen LogP contribution in [0.2, 0.25) is 5.02 Å². The Labute approximate surface area is 143 Å². The lowest BCUT2D eigenvalue weighted by Crippen LogP contribution is -2.33. The van der Waals surface area contributed by atoms with E-state index in [-0.39, 0.29) is 18.5 Å². The molecule has 2 rings (SSSR count). The van der Waals surface area contributed by atoms with Crippen LogP contribution in [0.3, 0.4) is 0 Å². The SMILES string of the molecule is Cc1ccccc1NC(=O)CNC(c1ccc(Cl)cc1)C(C)C. The maximum atomic E-state index is 12.2. The zero-order valence-electron chi connectivity index (χ0n) is 13.8. The molecule has 0 bridgehead atoms. The minimum Gasteiger partial charge on any atom is -0.325 e. The van der Waals surface area contributed by atoms with Crippen LogP contribution in [0.15, 0.2) is 48.5 Å². The number of hydrogen-bond acceptors (Lipinski definition) is 2. The summed E-state index contributed by atoms with van der Waals surface area (Å²) in [4.78, 5) is 12.2. The Bertz CT molecular complexity index is 653.